The topological polar surface area (TPSA) is 51.4 Å². The number of aromatic nitrogens is 1. The predicted octanol–water partition coefficient (Wildman–Crippen LogP) is 1.80. The highest BCUT2D eigenvalue weighted by atomic mass is 16.5. The van der Waals surface area contributed by atoms with E-state index in [0.29, 0.717) is 6.04 Å². The van der Waals surface area contributed by atoms with Crippen LogP contribution in [0.15, 0.2) is 18.3 Å². The minimum absolute atomic E-state index is 0.551. The molecule has 0 amide bonds. The summed E-state index contributed by atoms with van der Waals surface area (Å²) in [5.74, 6) is 1.85. The van der Waals surface area contributed by atoms with E-state index in [1.165, 1.54) is 19.3 Å². The highest BCUT2D eigenvalue weighted by molar-refractivity contribution is 5.42. The molecule has 0 spiro atoms. The van der Waals surface area contributed by atoms with Crippen molar-refractivity contribution in [3.63, 3.8) is 0 Å². The van der Waals surface area contributed by atoms with Crippen molar-refractivity contribution >= 4 is 5.82 Å². The molecule has 0 bridgehead atoms. The second-order valence-electron chi connectivity index (χ2n) is 4.48. The predicted molar refractivity (Wildman–Crippen MR) is 69.4 cm³/mol. The number of hydrogen-bond acceptors (Lipinski definition) is 4. The average Bonchev–Trinajstić information content (AvgIpc) is 2.40. The van der Waals surface area contributed by atoms with Crippen LogP contribution < -0.4 is 15.4 Å². The number of ether oxygens (including phenoxy) is 1. The second kappa shape index (κ2) is 5.87. The number of nitrogens with zero attached hydrogens (tertiary/aromatic N) is 2. The van der Waals surface area contributed by atoms with Gasteiger partial charge in [0.2, 0.25) is 0 Å². The Bertz CT molecular complexity index is 337. The molecular weight excluding hydrogens is 214 g/mol. The molecule has 2 N–H and O–H groups in total. The molecule has 1 unspecified atom stereocenters. The average molecular weight is 235 g/mol. The van der Waals surface area contributed by atoms with Crippen LogP contribution in [-0.4, -0.2) is 31.2 Å². The summed E-state index contributed by atoms with van der Waals surface area (Å²) >= 11 is 0. The Kier molecular flexibility index (Phi) is 4.20. The maximum absolute atomic E-state index is 5.68. The van der Waals surface area contributed by atoms with Crippen molar-refractivity contribution in [3.05, 3.63) is 18.3 Å². The summed E-state index contributed by atoms with van der Waals surface area (Å²) in [4.78, 5) is 6.85. The van der Waals surface area contributed by atoms with Crippen LogP contribution in [-0.2, 0) is 0 Å². The first-order valence-corrected chi connectivity index (χ1v) is 6.32. The molecule has 1 aliphatic rings. The van der Waals surface area contributed by atoms with Crippen LogP contribution >= 0.6 is 0 Å². The summed E-state index contributed by atoms with van der Waals surface area (Å²) in [6, 6.07) is 4.55. The third-order valence-corrected chi connectivity index (χ3v) is 3.38. The van der Waals surface area contributed by atoms with Crippen molar-refractivity contribution in [1.29, 1.82) is 0 Å². The molecule has 17 heavy (non-hydrogen) atoms. The SMILES string of the molecule is COc1ccc(N2CCCCC2CCN)nc1. The number of piperidine rings is 1. The van der Waals surface area contributed by atoms with Gasteiger partial charge in [-0.15, -0.1) is 0 Å². The molecule has 4 heteroatoms. The quantitative estimate of drug-likeness (QED) is 0.864. The Balaban J connectivity index is 2.11. The number of anilines is 1. The Morgan fingerprint density at radius 2 is 2.35 bits per heavy atom. The van der Waals surface area contributed by atoms with Gasteiger partial charge in [0.1, 0.15) is 11.6 Å². The van der Waals surface area contributed by atoms with Crippen molar-refractivity contribution in [2.24, 2.45) is 5.73 Å². The molecule has 4 nitrogen and oxygen atoms in total. The van der Waals surface area contributed by atoms with Crippen LogP contribution in [0.1, 0.15) is 25.7 Å². The first-order valence-electron chi connectivity index (χ1n) is 6.32. The molecule has 1 aliphatic heterocycles. The molecule has 0 saturated carbocycles. The Morgan fingerprint density at radius 1 is 1.47 bits per heavy atom. The van der Waals surface area contributed by atoms with Crippen LogP contribution in [0, 0.1) is 0 Å². The lowest BCUT2D eigenvalue weighted by Crippen LogP contribution is -2.41. The number of methoxy groups -OCH3 is 1. The number of pyridine rings is 1. The first kappa shape index (κ1) is 12.2. The maximum Gasteiger partial charge on any atom is 0.137 e. The van der Waals surface area contributed by atoms with E-state index in [1.54, 1.807) is 13.3 Å². The standard InChI is InChI=1S/C13H21N3O/c1-17-12-5-6-13(15-10-12)16-9-3-2-4-11(16)7-8-14/h5-6,10-11H,2-4,7-9,14H2,1H3. The van der Waals surface area contributed by atoms with E-state index in [0.717, 1.165) is 31.1 Å². The first-order chi connectivity index (χ1) is 8.35. The molecule has 94 valence electrons. The smallest absolute Gasteiger partial charge is 0.137 e. The van der Waals surface area contributed by atoms with E-state index >= 15 is 0 Å². The molecule has 1 saturated heterocycles. The van der Waals surface area contributed by atoms with E-state index in [1.807, 2.05) is 12.1 Å². The molecule has 1 aromatic rings. The molecule has 1 atom stereocenters. The third-order valence-electron chi connectivity index (χ3n) is 3.38. The fourth-order valence-electron chi connectivity index (χ4n) is 2.46. The van der Waals surface area contributed by atoms with Crippen molar-refractivity contribution in [3.8, 4) is 5.75 Å². The summed E-state index contributed by atoms with van der Waals surface area (Å²) in [5, 5.41) is 0. The molecular formula is C13H21N3O. The van der Waals surface area contributed by atoms with Crippen molar-refractivity contribution in [1.82, 2.24) is 4.98 Å². The van der Waals surface area contributed by atoms with Crippen LogP contribution in [0.3, 0.4) is 0 Å². The lowest BCUT2D eigenvalue weighted by Gasteiger charge is -2.36. The van der Waals surface area contributed by atoms with Gasteiger partial charge in [-0.25, -0.2) is 4.98 Å². The second-order valence-corrected chi connectivity index (χ2v) is 4.48. The fraction of sp³-hybridized carbons (Fsp3) is 0.615. The van der Waals surface area contributed by atoms with E-state index in [-0.39, 0.29) is 0 Å². The fourth-order valence-corrected chi connectivity index (χ4v) is 2.46. The van der Waals surface area contributed by atoms with E-state index in [2.05, 4.69) is 9.88 Å². The van der Waals surface area contributed by atoms with E-state index in [9.17, 15) is 0 Å². The van der Waals surface area contributed by atoms with Gasteiger partial charge in [-0.1, -0.05) is 0 Å². The van der Waals surface area contributed by atoms with E-state index in [4.69, 9.17) is 10.5 Å². The minimum Gasteiger partial charge on any atom is -0.495 e. The molecule has 1 aromatic heterocycles. The van der Waals surface area contributed by atoms with Crippen LogP contribution in [0.5, 0.6) is 5.75 Å². The zero-order valence-corrected chi connectivity index (χ0v) is 10.4. The van der Waals surface area contributed by atoms with Gasteiger partial charge in [0, 0.05) is 12.6 Å². The van der Waals surface area contributed by atoms with Crippen molar-refractivity contribution in [2.75, 3.05) is 25.1 Å². The van der Waals surface area contributed by atoms with Gasteiger partial charge in [0.05, 0.1) is 13.3 Å². The van der Waals surface area contributed by atoms with Crippen LogP contribution in [0.25, 0.3) is 0 Å². The monoisotopic (exact) mass is 235 g/mol. The van der Waals surface area contributed by atoms with Crippen LogP contribution in [0.2, 0.25) is 0 Å². The highest BCUT2D eigenvalue weighted by Crippen LogP contribution is 2.25. The largest absolute Gasteiger partial charge is 0.495 e. The molecule has 1 fully saturated rings. The van der Waals surface area contributed by atoms with E-state index < -0.39 is 0 Å². The van der Waals surface area contributed by atoms with Gasteiger partial charge in [0.25, 0.3) is 0 Å². The molecule has 0 radical (unpaired) electrons. The number of rotatable bonds is 4. The Labute approximate surface area is 103 Å². The highest BCUT2D eigenvalue weighted by Gasteiger charge is 2.22. The van der Waals surface area contributed by atoms with Gasteiger partial charge in [-0.2, -0.15) is 0 Å². The number of nitrogens with two attached hydrogens (primary N) is 1. The minimum atomic E-state index is 0.551. The Morgan fingerprint density at radius 3 is 3.00 bits per heavy atom. The maximum atomic E-state index is 5.68. The summed E-state index contributed by atoms with van der Waals surface area (Å²) < 4.78 is 5.13. The van der Waals surface area contributed by atoms with Crippen molar-refractivity contribution < 1.29 is 4.74 Å². The Hall–Kier alpha value is -1.29. The normalized spacial score (nSPS) is 20.4. The van der Waals surface area contributed by atoms with Crippen molar-refractivity contribution in [2.45, 2.75) is 31.7 Å². The third kappa shape index (κ3) is 2.88. The lowest BCUT2D eigenvalue weighted by atomic mass is 9.99. The number of hydrogen-bond donors (Lipinski definition) is 1. The van der Waals surface area contributed by atoms with Gasteiger partial charge < -0.3 is 15.4 Å². The zero-order chi connectivity index (χ0) is 12.1. The van der Waals surface area contributed by atoms with Gasteiger partial charge in [-0.05, 0) is 44.4 Å². The van der Waals surface area contributed by atoms with Gasteiger partial charge in [0.15, 0.2) is 0 Å². The lowest BCUT2D eigenvalue weighted by molar-refractivity contribution is 0.411. The van der Waals surface area contributed by atoms with Gasteiger partial charge >= 0.3 is 0 Å². The summed E-state index contributed by atoms with van der Waals surface area (Å²) in [6.45, 7) is 1.83. The zero-order valence-electron chi connectivity index (χ0n) is 10.4. The summed E-state index contributed by atoms with van der Waals surface area (Å²) in [7, 11) is 1.66. The summed E-state index contributed by atoms with van der Waals surface area (Å²) in [6.07, 6.45) is 6.61. The molecule has 2 rings (SSSR count). The van der Waals surface area contributed by atoms with Gasteiger partial charge in [-0.3, -0.25) is 0 Å². The molecule has 2 heterocycles. The molecule has 0 aromatic carbocycles. The summed E-state index contributed by atoms with van der Waals surface area (Å²) in [5.41, 5.74) is 5.68. The molecule has 0 aliphatic carbocycles. The van der Waals surface area contributed by atoms with Crippen LogP contribution in [0.4, 0.5) is 5.82 Å².